The molecule has 0 aromatic heterocycles. The van der Waals surface area contributed by atoms with Gasteiger partial charge >= 0.3 is 0 Å². The summed E-state index contributed by atoms with van der Waals surface area (Å²) < 4.78 is 32.1. The van der Waals surface area contributed by atoms with Crippen LogP contribution in [-0.4, -0.2) is 25.2 Å². The number of nitrogens with one attached hydrogen (secondary N) is 1. The lowest BCUT2D eigenvalue weighted by Gasteiger charge is -2.13. The van der Waals surface area contributed by atoms with Gasteiger partial charge in [0.1, 0.15) is 11.6 Å². The highest BCUT2D eigenvalue weighted by molar-refractivity contribution is 5.94. The molecule has 1 atom stereocenters. The third kappa shape index (κ3) is 2.76. The quantitative estimate of drug-likeness (QED) is 0.861. The zero-order valence-electron chi connectivity index (χ0n) is 9.71. The Bertz CT molecular complexity index is 460. The molecule has 18 heavy (non-hydrogen) atoms. The number of anilines is 1. The molecule has 1 fully saturated rings. The maximum atomic E-state index is 13.5. The van der Waals surface area contributed by atoms with Crippen LogP contribution in [-0.2, 0) is 4.74 Å². The van der Waals surface area contributed by atoms with Gasteiger partial charge in [0.25, 0.3) is 5.91 Å². The van der Waals surface area contributed by atoms with Crippen molar-refractivity contribution < 1.29 is 18.3 Å². The van der Waals surface area contributed by atoms with Crippen LogP contribution < -0.4 is 11.1 Å². The normalized spacial score (nSPS) is 18.9. The first-order chi connectivity index (χ1) is 8.58. The maximum Gasteiger partial charge on any atom is 0.251 e. The SMILES string of the molecule is NC(=O)c1cc(NCC2CCCO2)c(F)cc1F. The zero-order chi connectivity index (χ0) is 13.1. The minimum absolute atomic E-state index is 0.0199. The van der Waals surface area contributed by atoms with Crippen LogP contribution in [0.3, 0.4) is 0 Å². The van der Waals surface area contributed by atoms with Gasteiger partial charge < -0.3 is 15.8 Å². The molecule has 1 saturated heterocycles. The Balaban J connectivity index is 2.11. The highest BCUT2D eigenvalue weighted by atomic mass is 19.1. The molecule has 0 saturated carbocycles. The standard InChI is InChI=1S/C12H14F2N2O2/c13-9-5-10(14)11(4-8(9)12(15)17)16-6-7-2-1-3-18-7/h4-5,7,16H,1-3,6H2,(H2,15,17). The second-order valence-corrected chi connectivity index (χ2v) is 4.19. The highest BCUT2D eigenvalue weighted by Gasteiger charge is 2.17. The van der Waals surface area contributed by atoms with Crippen LogP contribution >= 0.6 is 0 Å². The predicted octanol–water partition coefficient (Wildman–Crippen LogP) is 1.65. The number of primary amides is 1. The number of halogens is 2. The molecular weight excluding hydrogens is 242 g/mol. The smallest absolute Gasteiger partial charge is 0.251 e. The topological polar surface area (TPSA) is 64.4 Å². The number of carbonyl (C=O) groups excluding carboxylic acids is 1. The van der Waals surface area contributed by atoms with E-state index in [2.05, 4.69) is 5.32 Å². The van der Waals surface area contributed by atoms with Gasteiger partial charge in [-0.05, 0) is 18.9 Å². The number of ether oxygens (including phenoxy) is 1. The van der Waals surface area contributed by atoms with Crippen molar-refractivity contribution in [3.05, 3.63) is 29.3 Å². The summed E-state index contributed by atoms with van der Waals surface area (Å²) in [5, 5.41) is 2.80. The van der Waals surface area contributed by atoms with Gasteiger partial charge in [-0.1, -0.05) is 0 Å². The molecule has 0 bridgehead atoms. The molecule has 6 heteroatoms. The fourth-order valence-electron chi connectivity index (χ4n) is 1.90. The number of hydrogen-bond donors (Lipinski definition) is 2. The summed E-state index contributed by atoms with van der Waals surface area (Å²) in [5.41, 5.74) is 4.73. The second kappa shape index (κ2) is 5.30. The number of nitrogens with two attached hydrogens (primary N) is 1. The van der Waals surface area contributed by atoms with Crippen molar-refractivity contribution in [3.63, 3.8) is 0 Å². The van der Waals surface area contributed by atoms with Crippen molar-refractivity contribution >= 4 is 11.6 Å². The Morgan fingerprint density at radius 1 is 1.44 bits per heavy atom. The van der Waals surface area contributed by atoms with Crippen LogP contribution in [0.4, 0.5) is 14.5 Å². The van der Waals surface area contributed by atoms with Gasteiger partial charge in [-0.3, -0.25) is 4.79 Å². The van der Waals surface area contributed by atoms with E-state index in [1.165, 1.54) is 0 Å². The lowest BCUT2D eigenvalue weighted by Crippen LogP contribution is -2.20. The summed E-state index contributed by atoms with van der Waals surface area (Å²) in [5.74, 6) is -2.63. The number of benzene rings is 1. The third-order valence-electron chi connectivity index (χ3n) is 2.87. The molecule has 1 unspecified atom stereocenters. The lowest BCUT2D eigenvalue weighted by atomic mass is 10.1. The molecule has 1 aromatic carbocycles. The Morgan fingerprint density at radius 3 is 2.83 bits per heavy atom. The lowest BCUT2D eigenvalue weighted by molar-refractivity contribution is 0.0996. The number of carbonyl (C=O) groups is 1. The Hall–Kier alpha value is -1.69. The largest absolute Gasteiger partial charge is 0.380 e. The molecule has 0 spiro atoms. The molecule has 1 aliphatic rings. The summed E-state index contributed by atoms with van der Waals surface area (Å²) >= 11 is 0. The summed E-state index contributed by atoms with van der Waals surface area (Å²) in [6.45, 7) is 1.12. The first-order valence-corrected chi connectivity index (χ1v) is 5.72. The number of amides is 1. The summed E-state index contributed by atoms with van der Waals surface area (Å²) in [4.78, 5) is 11.0. The highest BCUT2D eigenvalue weighted by Crippen LogP contribution is 2.20. The van der Waals surface area contributed by atoms with E-state index in [0.29, 0.717) is 19.2 Å². The van der Waals surface area contributed by atoms with E-state index in [1.807, 2.05) is 0 Å². The molecule has 1 aromatic rings. The van der Waals surface area contributed by atoms with Gasteiger partial charge in [-0.25, -0.2) is 8.78 Å². The number of hydrogen-bond acceptors (Lipinski definition) is 3. The second-order valence-electron chi connectivity index (χ2n) is 4.19. The predicted molar refractivity (Wildman–Crippen MR) is 62.3 cm³/mol. The van der Waals surface area contributed by atoms with Crippen LogP contribution in [0.15, 0.2) is 12.1 Å². The molecule has 3 N–H and O–H groups in total. The average molecular weight is 256 g/mol. The van der Waals surface area contributed by atoms with Crippen LogP contribution in [0.25, 0.3) is 0 Å². The van der Waals surface area contributed by atoms with Gasteiger partial charge in [0.05, 0.1) is 17.4 Å². The van der Waals surface area contributed by atoms with E-state index in [-0.39, 0.29) is 17.4 Å². The van der Waals surface area contributed by atoms with Gasteiger partial charge in [-0.2, -0.15) is 0 Å². The molecule has 1 aliphatic heterocycles. The monoisotopic (exact) mass is 256 g/mol. The van der Waals surface area contributed by atoms with E-state index in [9.17, 15) is 13.6 Å². The third-order valence-corrected chi connectivity index (χ3v) is 2.87. The molecule has 4 nitrogen and oxygen atoms in total. The van der Waals surface area contributed by atoms with Crippen molar-refractivity contribution in [3.8, 4) is 0 Å². The van der Waals surface area contributed by atoms with E-state index in [1.54, 1.807) is 0 Å². The van der Waals surface area contributed by atoms with Crippen molar-refractivity contribution in [1.29, 1.82) is 0 Å². The van der Waals surface area contributed by atoms with Crippen molar-refractivity contribution in [2.75, 3.05) is 18.5 Å². The van der Waals surface area contributed by atoms with Crippen molar-refractivity contribution in [2.24, 2.45) is 5.73 Å². The maximum absolute atomic E-state index is 13.5. The average Bonchev–Trinajstić information content (AvgIpc) is 2.80. The first kappa shape index (κ1) is 12.8. The molecule has 1 amide bonds. The van der Waals surface area contributed by atoms with Gasteiger partial charge in [0.2, 0.25) is 0 Å². The Labute approximate surface area is 103 Å². The molecular formula is C12H14F2N2O2. The van der Waals surface area contributed by atoms with E-state index in [0.717, 1.165) is 18.9 Å². The van der Waals surface area contributed by atoms with Crippen molar-refractivity contribution in [1.82, 2.24) is 0 Å². The summed E-state index contributed by atoms with van der Waals surface area (Å²) in [6.07, 6.45) is 1.90. The summed E-state index contributed by atoms with van der Waals surface area (Å²) in [7, 11) is 0. The van der Waals surface area contributed by atoms with E-state index in [4.69, 9.17) is 10.5 Å². The van der Waals surface area contributed by atoms with Gasteiger partial charge in [-0.15, -0.1) is 0 Å². The Morgan fingerprint density at radius 2 is 2.22 bits per heavy atom. The fourth-order valence-corrected chi connectivity index (χ4v) is 1.90. The number of rotatable bonds is 4. The van der Waals surface area contributed by atoms with Crippen LogP contribution in [0, 0.1) is 11.6 Å². The fraction of sp³-hybridized carbons (Fsp3) is 0.417. The van der Waals surface area contributed by atoms with Gasteiger partial charge in [0, 0.05) is 19.2 Å². The van der Waals surface area contributed by atoms with Crippen LogP contribution in [0.2, 0.25) is 0 Å². The molecule has 98 valence electrons. The minimum atomic E-state index is -0.956. The first-order valence-electron chi connectivity index (χ1n) is 5.72. The molecule has 1 heterocycles. The summed E-state index contributed by atoms with van der Waals surface area (Å²) in [6, 6.07) is 1.74. The molecule has 2 rings (SSSR count). The molecule has 0 radical (unpaired) electrons. The molecule has 0 aliphatic carbocycles. The minimum Gasteiger partial charge on any atom is -0.380 e. The van der Waals surface area contributed by atoms with Crippen molar-refractivity contribution in [2.45, 2.75) is 18.9 Å². The zero-order valence-corrected chi connectivity index (χ0v) is 9.71. The van der Waals surface area contributed by atoms with E-state index < -0.39 is 17.5 Å². The Kier molecular flexibility index (Phi) is 3.76. The van der Waals surface area contributed by atoms with Crippen LogP contribution in [0.5, 0.6) is 0 Å². The van der Waals surface area contributed by atoms with Crippen LogP contribution in [0.1, 0.15) is 23.2 Å². The van der Waals surface area contributed by atoms with Gasteiger partial charge in [0.15, 0.2) is 0 Å². The van der Waals surface area contributed by atoms with E-state index >= 15 is 0 Å².